The monoisotopic (exact) mass is 176 g/mol. The molecule has 0 aliphatic carbocycles. The van der Waals surface area contributed by atoms with Crippen LogP contribution >= 0.6 is 0 Å². The molecule has 0 aliphatic heterocycles. The minimum atomic E-state index is -4.22. The molecule has 68 valence electrons. The number of rotatable bonds is 0. The van der Waals surface area contributed by atoms with E-state index < -0.39 is 11.7 Å². The van der Waals surface area contributed by atoms with Gasteiger partial charge in [0.2, 0.25) is 0 Å². The third-order valence-electron chi connectivity index (χ3n) is 1.45. The first kappa shape index (κ1) is 11.0. The SMILES string of the molecule is C.Cc1ccccc1C(F)(F)F. The van der Waals surface area contributed by atoms with E-state index in [-0.39, 0.29) is 13.0 Å². The van der Waals surface area contributed by atoms with Crippen molar-refractivity contribution in [1.82, 2.24) is 0 Å². The van der Waals surface area contributed by atoms with E-state index in [0.29, 0.717) is 0 Å². The Balaban J connectivity index is 0.00000121. The molecule has 0 unspecified atom stereocenters. The summed E-state index contributed by atoms with van der Waals surface area (Å²) in [5, 5.41) is 0. The standard InChI is InChI=1S/C8H7F3.CH4/c1-6-4-2-3-5-7(6)8(9,10)11;/h2-5H,1H3;1H4. The van der Waals surface area contributed by atoms with E-state index in [1.54, 1.807) is 6.07 Å². The van der Waals surface area contributed by atoms with Crippen LogP contribution in [0.5, 0.6) is 0 Å². The molecule has 0 nitrogen and oxygen atoms in total. The van der Waals surface area contributed by atoms with Crippen molar-refractivity contribution in [3.63, 3.8) is 0 Å². The summed E-state index contributed by atoms with van der Waals surface area (Å²) in [4.78, 5) is 0. The fourth-order valence-electron chi connectivity index (χ4n) is 0.891. The second kappa shape index (κ2) is 3.61. The van der Waals surface area contributed by atoms with Crippen molar-refractivity contribution in [1.29, 1.82) is 0 Å². The fourth-order valence-corrected chi connectivity index (χ4v) is 0.891. The quantitative estimate of drug-likeness (QED) is 0.566. The van der Waals surface area contributed by atoms with Crippen LogP contribution in [0.1, 0.15) is 18.6 Å². The molecule has 0 spiro atoms. The minimum absolute atomic E-state index is 0. The Morgan fingerprint density at radius 2 is 1.58 bits per heavy atom. The highest BCUT2D eigenvalue weighted by atomic mass is 19.4. The van der Waals surface area contributed by atoms with E-state index in [4.69, 9.17) is 0 Å². The maximum atomic E-state index is 12.0. The number of aryl methyl sites for hydroxylation is 1. The topological polar surface area (TPSA) is 0 Å². The molecule has 0 saturated heterocycles. The fraction of sp³-hybridized carbons (Fsp3) is 0.333. The molecule has 0 heterocycles. The van der Waals surface area contributed by atoms with Gasteiger partial charge < -0.3 is 0 Å². The zero-order chi connectivity index (χ0) is 8.48. The molecular weight excluding hydrogens is 165 g/mol. The third-order valence-corrected chi connectivity index (χ3v) is 1.45. The van der Waals surface area contributed by atoms with E-state index in [1.807, 2.05) is 0 Å². The van der Waals surface area contributed by atoms with Crippen molar-refractivity contribution in [2.75, 3.05) is 0 Å². The largest absolute Gasteiger partial charge is 0.416 e. The summed E-state index contributed by atoms with van der Waals surface area (Å²) in [6.45, 7) is 1.45. The molecule has 12 heavy (non-hydrogen) atoms. The van der Waals surface area contributed by atoms with Gasteiger partial charge in [-0.3, -0.25) is 0 Å². The molecule has 0 radical (unpaired) electrons. The summed E-state index contributed by atoms with van der Waals surface area (Å²) >= 11 is 0. The zero-order valence-corrected chi connectivity index (χ0v) is 5.94. The van der Waals surface area contributed by atoms with Gasteiger partial charge in [-0.05, 0) is 18.6 Å². The molecule has 0 aliphatic rings. The molecule has 0 N–H and O–H groups in total. The molecule has 1 rings (SSSR count). The number of hydrogen-bond acceptors (Lipinski definition) is 0. The van der Waals surface area contributed by atoms with Gasteiger partial charge in [0.1, 0.15) is 0 Å². The van der Waals surface area contributed by atoms with Gasteiger partial charge in [0.25, 0.3) is 0 Å². The smallest absolute Gasteiger partial charge is 0.166 e. The van der Waals surface area contributed by atoms with Gasteiger partial charge in [0.05, 0.1) is 5.56 Å². The maximum Gasteiger partial charge on any atom is 0.416 e. The average Bonchev–Trinajstić information content (AvgIpc) is 1.86. The summed E-state index contributed by atoms with van der Waals surface area (Å²) in [5.74, 6) is 0. The predicted molar refractivity (Wildman–Crippen MR) is 42.9 cm³/mol. The Morgan fingerprint density at radius 1 is 1.08 bits per heavy atom. The molecule has 0 saturated carbocycles. The average molecular weight is 176 g/mol. The van der Waals surface area contributed by atoms with Crippen LogP contribution in [0.3, 0.4) is 0 Å². The lowest BCUT2D eigenvalue weighted by atomic mass is 10.1. The van der Waals surface area contributed by atoms with E-state index in [9.17, 15) is 13.2 Å². The van der Waals surface area contributed by atoms with Gasteiger partial charge in [0.15, 0.2) is 0 Å². The van der Waals surface area contributed by atoms with Crippen LogP contribution in [0.25, 0.3) is 0 Å². The Bertz CT molecular complexity index is 250. The van der Waals surface area contributed by atoms with Crippen molar-refractivity contribution >= 4 is 0 Å². The second-order valence-electron chi connectivity index (χ2n) is 2.31. The maximum absolute atomic E-state index is 12.0. The van der Waals surface area contributed by atoms with Crippen molar-refractivity contribution in [2.45, 2.75) is 20.5 Å². The molecule has 0 bridgehead atoms. The Kier molecular flexibility index (Phi) is 3.31. The van der Waals surface area contributed by atoms with Crippen molar-refractivity contribution in [3.8, 4) is 0 Å². The summed E-state index contributed by atoms with van der Waals surface area (Å²) in [5.41, 5.74) is -0.292. The summed E-state index contributed by atoms with van der Waals surface area (Å²) < 4.78 is 36.1. The number of alkyl halides is 3. The highest BCUT2D eigenvalue weighted by Gasteiger charge is 2.31. The predicted octanol–water partition coefficient (Wildman–Crippen LogP) is 3.65. The van der Waals surface area contributed by atoms with E-state index in [1.165, 1.54) is 19.1 Å². The van der Waals surface area contributed by atoms with Gasteiger partial charge in [-0.15, -0.1) is 0 Å². The lowest BCUT2D eigenvalue weighted by Crippen LogP contribution is -2.06. The molecule has 1 aromatic carbocycles. The van der Waals surface area contributed by atoms with Crippen molar-refractivity contribution in [3.05, 3.63) is 35.4 Å². The second-order valence-corrected chi connectivity index (χ2v) is 2.31. The molecule has 0 amide bonds. The van der Waals surface area contributed by atoms with Crippen LogP contribution in [-0.4, -0.2) is 0 Å². The molecular formula is C9H11F3. The van der Waals surface area contributed by atoms with E-state index >= 15 is 0 Å². The molecule has 1 aromatic rings. The van der Waals surface area contributed by atoms with Crippen LogP contribution in [0.15, 0.2) is 24.3 Å². The van der Waals surface area contributed by atoms with Gasteiger partial charge in [-0.25, -0.2) is 0 Å². The van der Waals surface area contributed by atoms with E-state index in [0.717, 1.165) is 6.07 Å². The van der Waals surface area contributed by atoms with Gasteiger partial charge in [-0.1, -0.05) is 25.6 Å². The molecule has 3 heteroatoms. The van der Waals surface area contributed by atoms with Crippen molar-refractivity contribution in [2.24, 2.45) is 0 Å². The Labute approximate surface area is 70.0 Å². The third kappa shape index (κ3) is 2.26. The lowest BCUT2D eigenvalue weighted by molar-refractivity contribution is -0.138. The van der Waals surface area contributed by atoms with Crippen LogP contribution in [0, 0.1) is 6.92 Å². The number of benzene rings is 1. The van der Waals surface area contributed by atoms with Gasteiger partial charge in [0, 0.05) is 0 Å². The van der Waals surface area contributed by atoms with E-state index in [2.05, 4.69) is 0 Å². The molecule has 0 aromatic heterocycles. The lowest BCUT2D eigenvalue weighted by Gasteiger charge is -2.08. The highest BCUT2D eigenvalue weighted by Crippen LogP contribution is 2.31. The van der Waals surface area contributed by atoms with Crippen LogP contribution in [0.4, 0.5) is 13.2 Å². The first-order valence-corrected chi connectivity index (χ1v) is 3.14. The zero-order valence-electron chi connectivity index (χ0n) is 5.94. The summed E-state index contributed by atoms with van der Waals surface area (Å²) in [6.07, 6.45) is -4.22. The molecule has 0 atom stereocenters. The van der Waals surface area contributed by atoms with Gasteiger partial charge >= 0.3 is 6.18 Å². The Hall–Kier alpha value is -0.990. The highest BCUT2D eigenvalue weighted by molar-refractivity contribution is 5.27. The summed E-state index contributed by atoms with van der Waals surface area (Å²) in [7, 11) is 0. The van der Waals surface area contributed by atoms with Crippen LogP contribution < -0.4 is 0 Å². The summed E-state index contributed by atoms with van der Waals surface area (Å²) in [6, 6.07) is 5.50. The first-order valence-electron chi connectivity index (χ1n) is 3.14. The first-order chi connectivity index (χ1) is 5.02. The van der Waals surface area contributed by atoms with Gasteiger partial charge in [-0.2, -0.15) is 13.2 Å². The normalized spacial score (nSPS) is 10.7. The number of halogens is 3. The van der Waals surface area contributed by atoms with Crippen LogP contribution in [-0.2, 0) is 6.18 Å². The van der Waals surface area contributed by atoms with Crippen molar-refractivity contribution < 1.29 is 13.2 Å². The molecule has 0 fully saturated rings. The van der Waals surface area contributed by atoms with Crippen LogP contribution in [0.2, 0.25) is 0 Å². The minimum Gasteiger partial charge on any atom is -0.166 e. The Morgan fingerprint density at radius 3 is 1.92 bits per heavy atom. The number of hydrogen-bond donors (Lipinski definition) is 0.